The highest BCUT2D eigenvalue weighted by Gasteiger charge is 2.64. The van der Waals surface area contributed by atoms with E-state index in [1.807, 2.05) is 0 Å². The summed E-state index contributed by atoms with van der Waals surface area (Å²) < 4.78 is 12.2. The van der Waals surface area contributed by atoms with Gasteiger partial charge in [-0.1, -0.05) is 18.7 Å². The molecule has 2 bridgehead atoms. The Morgan fingerprint density at radius 2 is 2.33 bits per heavy atom. The van der Waals surface area contributed by atoms with Gasteiger partial charge in [-0.15, -0.1) is 6.58 Å². The Bertz CT molecular complexity index is 740. The molecule has 1 saturated carbocycles. The Kier molecular flexibility index (Phi) is 2.97. The SMILES string of the molecule is C=CCN1CC[C@]23c4c5ccc(OC)c4O[C@H]2C(=C)CC[C@H]3[C@H]1C5. The first-order valence-electron chi connectivity index (χ1n) is 9.10. The number of ether oxygens (including phenoxy) is 2. The lowest BCUT2D eigenvalue weighted by molar-refractivity contribution is -0.0275. The van der Waals surface area contributed by atoms with Gasteiger partial charge in [0.1, 0.15) is 6.10 Å². The third-order valence-corrected chi connectivity index (χ3v) is 6.94. The monoisotopic (exact) mass is 323 g/mol. The molecule has 3 heteroatoms. The maximum Gasteiger partial charge on any atom is 0.166 e. The van der Waals surface area contributed by atoms with E-state index in [1.165, 1.54) is 23.1 Å². The van der Waals surface area contributed by atoms with Crippen molar-refractivity contribution in [2.24, 2.45) is 5.92 Å². The lowest BCUT2D eigenvalue weighted by Crippen LogP contribution is -2.64. The standard InChI is InChI=1S/C21H25NO2/c1-4-10-22-11-9-21-15-7-5-13(2)20(21)24-19-17(23-3)8-6-14(18(19)21)12-16(15)22/h4,6,8,15-16,20H,1-2,5,7,9-12H2,3H3/t15-,16+,20-,21-/m0/s1. The Morgan fingerprint density at radius 3 is 3.12 bits per heavy atom. The van der Waals surface area contributed by atoms with Crippen molar-refractivity contribution in [2.45, 2.75) is 43.2 Å². The van der Waals surface area contributed by atoms with E-state index in [4.69, 9.17) is 9.47 Å². The molecule has 5 rings (SSSR count). The Hall–Kier alpha value is -1.74. The maximum atomic E-state index is 6.54. The summed E-state index contributed by atoms with van der Waals surface area (Å²) in [6.07, 6.45) is 6.77. The number of rotatable bonds is 3. The van der Waals surface area contributed by atoms with Crippen LogP contribution in [-0.2, 0) is 11.8 Å². The van der Waals surface area contributed by atoms with Gasteiger partial charge < -0.3 is 9.47 Å². The molecule has 0 amide bonds. The lowest BCUT2D eigenvalue weighted by atomic mass is 9.51. The van der Waals surface area contributed by atoms with Gasteiger partial charge in [0.25, 0.3) is 0 Å². The zero-order valence-corrected chi connectivity index (χ0v) is 14.4. The van der Waals surface area contributed by atoms with Crippen LogP contribution in [0.3, 0.4) is 0 Å². The van der Waals surface area contributed by atoms with Crippen LogP contribution in [-0.4, -0.2) is 37.2 Å². The fourth-order valence-corrected chi connectivity index (χ4v) is 6.09. The van der Waals surface area contributed by atoms with Crippen molar-refractivity contribution >= 4 is 0 Å². The molecule has 4 aliphatic rings. The second-order valence-electron chi connectivity index (χ2n) is 7.78. The summed E-state index contributed by atoms with van der Waals surface area (Å²) in [5.41, 5.74) is 4.30. The fourth-order valence-electron chi connectivity index (χ4n) is 6.09. The van der Waals surface area contributed by atoms with Gasteiger partial charge in [0, 0.05) is 23.6 Å². The second-order valence-corrected chi connectivity index (χ2v) is 7.78. The van der Waals surface area contributed by atoms with Gasteiger partial charge in [-0.3, -0.25) is 4.90 Å². The van der Waals surface area contributed by atoms with Gasteiger partial charge in [0.15, 0.2) is 11.5 Å². The summed E-state index contributed by atoms with van der Waals surface area (Å²) in [5.74, 6) is 2.54. The first kappa shape index (κ1) is 14.6. The van der Waals surface area contributed by atoms with Crippen molar-refractivity contribution in [1.29, 1.82) is 0 Å². The van der Waals surface area contributed by atoms with Crippen molar-refractivity contribution in [3.63, 3.8) is 0 Å². The summed E-state index contributed by atoms with van der Waals surface area (Å²) in [4.78, 5) is 2.64. The van der Waals surface area contributed by atoms with Crippen molar-refractivity contribution in [2.75, 3.05) is 20.2 Å². The van der Waals surface area contributed by atoms with Crippen LogP contribution in [0.25, 0.3) is 0 Å². The number of likely N-dealkylation sites (tertiary alicyclic amines) is 1. The smallest absolute Gasteiger partial charge is 0.166 e. The van der Waals surface area contributed by atoms with Gasteiger partial charge in [-0.25, -0.2) is 0 Å². The first-order chi connectivity index (χ1) is 11.7. The predicted octanol–water partition coefficient (Wildman–Crippen LogP) is 3.48. The number of methoxy groups -OCH3 is 1. The van der Waals surface area contributed by atoms with E-state index in [0.717, 1.165) is 43.9 Å². The first-order valence-corrected chi connectivity index (χ1v) is 9.10. The van der Waals surface area contributed by atoms with E-state index in [9.17, 15) is 0 Å². The minimum atomic E-state index is 0.120. The molecule has 1 spiro atoms. The Balaban J connectivity index is 1.74. The number of nitrogens with zero attached hydrogens (tertiary/aromatic N) is 1. The highest BCUT2D eigenvalue weighted by molar-refractivity contribution is 5.62. The maximum absolute atomic E-state index is 6.54. The number of hydrogen-bond acceptors (Lipinski definition) is 3. The summed E-state index contributed by atoms with van der Waals surface area (Å²) in [7, 11) is 1.74. The third-order valence-electron chi connectivity index (χ3n) is 6.94. The number of piperidine rings is 1. The molecule has 126 valence electrons. The fraction of sp³-hybridized carbons (Fsp3) is 0.524. The summed E-state index contributed by atoms with van der Waals surface area (Å²) in [6.45, 7) is 10.5. The van der Waals surface area contributed by atoms with Gasteiger partial charge in [-0.2, -0.15) is 0 Å². The molecule has 3 nitrogen and oxygen atoms in total. The van der Waals surface area contributed by atoms with Crippen molar-refractivity contribution in [3.8, 4) is 11.5 Å². The topological polar surface area (TPSA) is 21.7 Å². The van der Waals surface area contributed by atoms with E-state index in [1.54, 1.807) is 7.11 Å². The highest BCUT2D eigenvalue weighted by Crippen LogP contribution is 2.64. The van der Waals surface area contributed by atoms with Crippen LogP contribution in [0.5, 0.6) is 11.5 Å². The van der Waals surface area contributed by atoms with E-state index >= 15 is 0 Å². The zero-order chi connectivity index (χ0) is 16.5. The molecule has 24 heavy (non-hydrogen) atoms. The Morgan fingerprint density at radius 1 is 1.46 bits per heavy atom. The van der Waals surface area contributed by atoms with E-state index in [2.05, 4.69) is 36.3 Å². The molecule has 0 aromatic heterocycles. The van der Waals surface area contributed by atoms with Crippen LogP contribution in [0, 0.1) is 5.92 Å². The molecular formula is C21H25NO2. The Labute approximate surface area is 143 Å². The molecule has 1 aromatic rings. The van der Waals surface area contributed by atoms with Crippen LogP contribution < -0.4 is 9.47 Å². The van der Waals surface area contributed by atoms with Crippen LogP contribution >= 0.6 is 0 Å². The molecule has 4 atom stereocenters. The van der Waals surface area contributed by atoms with Crippen molar-refractivity contribution < 1.29 is 9.47 Å². The van der Waals surface area contributed by atoms with Crippen LogP contribution in [0.2, 0.25) is 0 Å². The van der Waals surface area contributed by atoms with E-state index < -0.39 is 0 Å². The highest BCUT2D eigenvalue weighted by atomic mass is 16.5. The van der Waals surface area contributed by atoms with Gasteiger partial charge >= 0.3 is 0 Å². The van der Waals surface area contributed by atoms with Gasteiger partial charge in [0.05, 0.1) is 7.11 Å². The molecule has 0 N–H and O–H groups in total. The van der Waals surface area contributed by atoms with Crippen LogP contribution in [0.1, 0.15) is 30.4 Å². The summed E-state index contributed by atoms with van der Waals surface area (Å²) in [5, 5.41) is 0. The van der Waals surface area contributed by atoms with Crippen LogP contribution in [0.15, 0.2) is 36.9 Å². The van der Waals surface area contributed by atoms with E-state index in [-0.39, 0.29) is 11.5 Å². The minimum absolute atomic E-state index is 0.120. The molecule has 1 aromatic carbocycles. The molecule has 2 aliphatic carbocycles. The normalized spacial score (nSPS) is 36.0. The number of benzene rings is 1. The molecule has 2 aliphatic heterocycles. The largest absolute Gasteiger partial charge is 0.493 e. The zero-order valence-electron chi connectivity index (χ0n) is 14.4. The average Bonchev–Trinajstić information content (AvgIpc) is 2.94. The number of hydrogen-bond donors (Lipinski definition) is 0. The summed E-state index contributed by atoms with van der Waals surface area (Å²) in [6, 6.07) is 4.95. The molecule has 0 unspecified atom stereocenters. The molecule has 1 saturated heterocycles. The predicted molar refractivity (Wildman–Crippen MR) is 94.8 cm³/mol. The third kappa shape index (κ3) is 1.57. The second kappa shape index (κ2) is 4.89. The van der Waals surface area contributed by atoms with Crippen LogP contribution in [0.4, 0.5) is 0 Å². The van der Waals surface area contributed by atoms with Crippen molar-refractivity contribution in [1.82, 2.24) is 4.90 Å². The molecule has 2 fully saturated rings. The quantitative estimate of drug-likeness (QED) is 0.795. The van der Waals surface area contributed by atoms with Gasteiger partial charge in [0.2, 0.25) is 0 Å². The average molecular weight is 323 g/mol. The van der Waals surface area contributed by atoms with E-state index in [0.29, 0.717) is 12.0 Å². The van der Waals surface area contributed by atoms with Crippen molar-refractivity contribution in [3.05, 3.63) is 48.1 Å². The summed E-state index contributed by atoms with van der Waals surface area (Å²) >= 11 is 0. The molecule has 2 heterocycles. The molecule has 0 radical (unpaired) electrons. The van der Waals surface area contributed by atoms with Gasteiger partial charge in [-0.05, 0) is 55.3 Å². The minimum Gasteiger partial charge on any atom is -0.493 e. The molecular weight excluding hydrogens is 298 g/mol. The lowest BCUT2D eigenvalue weighted by Gasteiger charge is -2.58.